The smallest absolute Gasteiger partial charge is 0.210 e. The molecule has 108 valence electrons. The van der Waals surface area contributed by atoms with E-state index in [1.807, 2.05) is 6.92 Å². The van der Waals surface area contributed by atoms with Crippen LogP contribution < -0.4 is 4.90 Å². The summed E-state index contributed by atoms with van der Waals surface area (Å²) in [6.07, 6.45) is 3.32. The molecule has 19 heavy (non-hydrogen) atoms. The standard InChI is InChI=1S/C12H21N3O2S2/c1-10-9-18-12(13-10)15-6-4-11(5-7-15)8-14(2)19(3,16)17/h9,11H,4-8H2,1-3H3. The van der Waals surface area contributed by atoms with Crippen LogP contribution in [-0.4, -0.2) is 50.6 Å². The third-order valence-electron chi connectivity index (χ3n) is 3.57. The van der Waals surface area contributed by atoms with Crippen LogP contribution in [0.1, 0.15) is 18.5 Å². The van der Waals surface area contributed by atoms with Crippen molar-refractivity contribution in [2.45, 2.75) is 19.8 Å². The fourth-order valence-electron chi connectivity index (χ4n) is 2.29. The second kappa shape index (κ2) is 5.76. The molecule has 0 spiro atoms. The van der Waals surface area contributed by atoms with Gasteiger partial charge < -0.3 is 4.90 Å². The van der Waals surface area contributed by atoms with E-state index in [9.17, 15) is 8.42 Å². The summed E-state index contributed by atoms with van der Waals surface area (Å²) in [4.78, 5) is 6.80. The van der Waals surface area contributed by atoms with Crippen molar-refractivity contribution in [1.82, 2.24) is 9.29 Å². The maximum absolute atomic E-state index is 11.4. The fraction of sp³-hybridized carbons (Fsp3) is 0.750. The molecule has 2 rings (SSSR count). The van der Waals surface area contributed by atoms with E-state index < -0.39 is 10.0 Å². The Morgan fingerprint density at radius 3 is 2.58 bits per heavy atom. The summed E-state index contributed by atoms with van der Waals surface area (Å²) in [7, 11) is -1.40. The number of hydrogen-bond acceptors (Lipinski definition) is 5. The minimum absolute atomic E-state index is 0.456. The Bertz CT molecular complexity index is 519. The van der Waals surface area contributed by atoms with Gasteiger partial charge in [0.25, 0.3) is 0 Å². The number of anilines is 1. The quantitative estimate of drug-likeness (QED) is 0.847. The lowest BCUT2D eigenvalue weighted by molar-refractivity contribution is 0.329. The zero-order chi connectivity index (χ0) is 14.0. The summed E-state index contributed by atoms with van der Waals surface area (Å²) >= 11 is 1.68. The molecule has 2 heterocycles. The number of sulfonamides is 1. The van der Waals surface area contributed by atoms with E-state index in [4.69, 9.17) is 0 Å². The summed E-state index contributed by atoms with van der Waals surface area (Å²) in [5, 5.41) is 3.16. The number of aryl methyl sites for hydroxylation is 1. The molecule has 7 heteroatoms. The lowest BCUT2D eigenvalue weighted by Gasteiger charge is -2.33. The Balaban J connectivity index is 1.86. The van der Waals surface area contributed by atoms with E-state index in [2.05, 4.69) is 15.3 Å². The second-order valence-electron chi connectivity index (χ2n) is 5.25. The minimum Gasteiger partial charge on any atom is -0.348 e. The first-order chi connectivity index (χ1) is 8.86. The normalized spacial score (nSPS) is 18.2. The molecule has 1 fully saturated rings. The van der Waals surface area contributed by atoms with E-state index in [-0.39, 0.29) is 0 Å². The molecule has 0 aromatic carbocycles. The van der Waals surface area contributed by atoms with E-state index in [0.29, 0.717) is 12.5 Å². The Morgan fingerprint density at radius 1 is 1.47 bits per heavy atom. The summed E-state index contributed by atoms with van der Waals surface area (Å²) in [5.74, 6) is 0.456. The van der Waals surface area contributed by atoms with Gasteiger partial charge in [0.15, 0.2) is 5.13 Å². The minimum atomic E-state index is -3.06. The van der Waals surface area contributed by atoms with Crippen LogP contribution in [0.2, 0.25) is 0 Å². The van der Waals surface area contributed by atoms with Crippen LogP contribution in [0.3, 0.4) is 0 Å². The number of nitrogens with zero attached hydrogens (tertiary/aromatic N) is 3. The topological polar surface area (TPSA) is 53.5 Å². The largest absolute Gasteiger partial charge is 0.348 e. The van der Waals surface area contributed by atoms with Gasteiger partial charge in [-0.25, -0.2) is 17.7 Å². The predicted octanol–water partition coefficient (Wildman–Crippen LogP) is 1.56. The molecule has 1 aliphatic rings. The maximum Gasteiger partial charge on any atom is 0.210 e. The number of hydrogen-bond donors (Lipinski definition) is 0. The fourth-order valence-corrected chi connectivity index (χ4v) is 3.63. The molecule has 0 unspecified atom stereocenters. The van der Waals surface area contributed by atoms with E-state index in [1.165, 1.54) is 10.6 Å². The number of thiazole rings is 1. The van der Waals surface area contributed by atoms with Crippen LogP contribution in [0.25, 0.3) is 0 Å². The molecule has 0 bridgehead atoms. The highest BCUT2D eigenvalue weighted by Crippen LogP contribution is 2.26. The Hall–Kier alpha value is -0.660. The van der Waals surface area contributed by atoms with Gasteiger partial charge in [0.05, 0.1) is 11.9 Å². The lowest BCUT2D eigenvalue weighted by Crippen LogP contribution is -2.39. The van der Waals surface area contributed by atoms with Crippen LogP contribution in [-0.2, 0) is 10.0 Å². The van der Waals surface area contributed by atoms with E-state index in [1.54, 1.807) is 18.4 Å². The first kappa shape index (κ1) is 14.7. The monoisotopic (exact) mass is 303 g/mol. The average Bonchev–Trinajstić information content (AvgIpc) is 2.75. The third-order valence-corrected chi connectivity index (χ3v) is 5.87. The van der Waals surface area contributed by atoms with Crippen LogP contribution in [0.5, 0.6) is 0 Å². The van der Waals surface area contributed by atoms with Gasteiger partial charge in [0.2, 0.25) is 10.0 Å². The van der Waals surface area contributed by atoms with Crippen LogP contribution in [0.4, 0.5) is 5.13 Å². The van der Waals surface area contributed by atoms with Crippen molar-refractivity contribution in [3.05, 3.63) is 11.1 Å². The van der Waals surface area contributed by atoms with Crippen LogP contribution >= 0.6 is 11.3 Å². The molecule has 0 radical (unpaired) electrons. The molecule has 5 nitrogen and oxygen atoms in total. The van der Waals surface area contributed by atoms with Gasteiger partial charge in [-0.2, -0.15) is 0 Å². The van der Waals surface area contributed by atoms with Gasteiger partial charge in [-0.1, -0.05) is 0 Å². The number of aromatic nitrogens is 1. The summed E-state index contributed by atoms with van der Waals surface area (Å²) in [6.45, 7) is 4.57. The highest BCUT2D eigenvalue weighted by atomic mass is 32.2. The van der Waals surface area contributed by atoms with Crippen molar-refractivity contribution in [1.29, 1.82) is 0 Å². The van der Waals surface area contributed by atoms with Crippen LogP contribution in [0.15, 0.2) is 5.38 Å². The summed E-state index contributed by atoms with van der Waals surface area (Å²) in [6, 6.07) is 0. The first-order valence-electron chi connectivity index (χ1n) is 6.44. The molecule has 1 aliphatic heterocycles. The zero-order valence-corrected chi connectivity index (χ0v) is 13.3. The molecular formula is C12H21N3O2S2. The second-order valence-corrected chi connectivity index (χ2v) is 8.17. The molecule has 1 aromatic rings. The van der Waals surface area contributed by atoms with Crippen molar-refractivity contribution in [2.75, 3.05) is 37.8 Å². The van der Waals surface area contributed by atoms with Gasteiger partial charge in [0.1, 0.15) is 0 Å². The molecule has 0 N–H and O–H groups in total. The van der Waals surface area contributed by atoms with Gasteiger partial charge in [-0.05, 0) is 25.7 Å². The SMILES string of the molecule is Cc1csc(N2CCC(CN(C)S(C)(=O)=O)CC2)n1. The molecule has 1 saturated heterocycles. The van der Waals surface area contributed by atoms with Crippen molar-refractivity contribution in [3.8, 4) is 0 Å². The number of piperidine rings is 1. The molecule has 0 saturated carbocycles. The number of rotatable bonds is 4. The van der Waals surface area contributed by atoms with Crippen LogP contribution in [0, 0.1) is 12.8 Å². The highest BCUT2D eigenvalue weighted by Gasteiger charge is 2.24. The Morgan fingerprint density at radius 2 is 2.11 bits per heavy atom. The van der Waals surface area contributed by atoms with Gasteiger partial charge in [0, 0.05) is 32.1 Å². The maximum atomic E-state index is 11.4. The molecule has 0 aliphatic carbocycles. The molecule has 0 amide bonds. The average molecular weight is 303 g/mol. The van der Waals surface area contributed by atoms with Crippen molar-refractivity contribution in [3.63, 3.8) is 0 Å². The van der Waals surface area contributed by atoms with Gasteiger partial charge in [-0.3, -0.25) is 0 Å². The summed E-state index contributed by atoms with van der Waals surface area (Å²) in [5.41, 5.74) is 1.07. The van der Waals surface area contributed by atoms with Crippen molar-refractivity contribution < 1.29 is 8.42 Å². The van der Waals surface area contributed by atoms with Crippen molar-refractivity contribution in [2.24, 2.45) is 5.92 Å². The van der Waals surface area contributed by atoms with Gasteiger partial charge >= 0.3 is 0 Å². The molecule has 1 aromatic heterocycles. The van der Waals surface area contributed by atoms with Crippen molar-refractivity contribution >= 4 is 26.5 Å². The molecular weight excluding hydrogens is 282 g/mol. The Kier molecular flexibility index (Phi) is 4.47. The molecule has 0 atom stereocenters. The summed E-state index contributed by atoms with van der Waals surface area (Å²) < 4.78 is 24.3. The van der Waals surface area contributed by atoms with Gasteiger partial charge in [-0.15, -0.1) is 11.3 Å². The predicted molar refractivity (Wildman–Crippen MR) is 79.3 cm³/mol. The van der Waals surface area contributed by atoms with E-state index >= 15 is 0 Å². The highest BCUT2D eigenvalue weighted by molar-refractivity contribution is 7.88. The third kappa shape index (κ3) is 3.90. The Labute approximate surface area is 119 Å². The lowest BCUT2D eigenvalue weighted by atomic mass is 9.97. The first-order valence-corrected chi connectivity index (χ1v) is 9.17. The van der Waals surface area contributed by atoms with E-state index in [0.717, 1.165) is 36.8 Å². The zero-order valence-electron chi connectivity index (χ0n) is 11.7.